The van der Waals surface area contributed by atoms with Gasteiger partial charge in [0.25, 0.3) is 5.95 Å². The highest BCUT2D eigenvalue weighted by atomic mass is 19.4. The van der Waals surface area contributed by atoms with E-state index in [0.717, 1.165) is 36.1 Å². The first-order chi connectivity index (χ1) is 19.7. The standard InChI is InChI=1S/C29H32F6N4O3/c1-3-38(10-5-4-9-26(40)41)25-14-21-8-6-7-20(21)13-22(25)17-39(27-36-18(2)42-37-27)16-19-11-23(28(30,31)32)15-24(12-19)29(33,34)35/h11-15H,3-10,16-17H2,1-2H3,(H,40,41). The van der Waals surface area contributed by atoms with Crippen molar-refractivity contribution in [2.75, 3.05) is 22.9 Å². The van der Waals surface area contributed by atoms with Crippen LogP contribution in [0.25, 0.3) is 0 Å². The van der Waals surface area contributed by atoms with Gasteiger partial charge in [0.2, 0.25) is 5.89 Å². The van der Waals surface area contributed by atoms with Crippen LogP contribution in [0, 0.1) is 6.92 Å². The Bertz CT molecular complexity index is 1370. The van der Waals surface area contributed by atoms with Crippen LogP contribution in [0.3, 0.4) is 0 Å². The molecule has 2 aromatic carbocycles. The van der Waals surface area contributed by atoms with Crippen LogP contribution in [-0.4, -0.2) is 34.3 Å². The summed E-state index contributed by atoms with van der Waals surface area (Å²) < 4.78 is 86.5. The van der Waals surface area contributed by atoms with Gasteiger partial charge in [-0.15, -0.1) is 0 Å². The van der Waals surface area contributed by atoms with Crippen LogP contribution >= 0.6 is 0 Å². The Hall–Kier alpha value is -3.77. The van der Waals surface area contributed by atoms with Gasteiger partial charge in [-0.25, -0.2) is 0 Å². The molecule has 1 aromatic heterocycles. The predicted octanol–water partition coefficient (Wildman–Crippen LogP) is 7.19. The van der Waals surface area contributed by atoms with Crippen LogP contribution in [0.1, 0.15) is 71.9 Å². The minimum atomic E-state index is -4.97. The van der Waals surface area contributed by atoms with Crippen molar-refractivity contribution in [3.63, 3.8) is 0 Å². The maximum Gasteiger partial charge on any atom is 0.416 e. The van der Waals surface area contributed by atoms with E-state index in [1.165, 1.54) is 17.4 Å². The molecule has 0 bridgehead atoms. The van der Waals surface area contributed by atoms with Crippen molar-refractivity contribution < 1.29 is 40.8 Å². The molecule has 4 rings (SSSR count). The molecule has 0 saturated heterocycles. The second kappa shape index (κ2) is 12.6. The molecule has 0 amide bonds. The molecule has 0 unspecified atom stereocenters. The second-order valence-electron chi connectivity index (χ2n) is 10.4. The fraction of sp³-hybridized carbons (Fsp3) is 0.483. The summed E-state index contributed by atoms with van der Waals surface area (Å²) in [6.45, 7) is 4.45. The molecule has 0 fully saturated rings. The van der Waals surface area contributed by atoms with Crippen LogP contribution in [0.4, 0.5) is 38.0 Å². The number of unbranched alkanes of at least 4 members (excludes halogenated alkanes) is 1. The molecular formula is C29H32F6N4O3. The largest absolute Gasteiger partial charge is 0.481 e. The minimum Gasteiger partial charge on any atom is -0.481 e. The number of carboxylic acid groups (broad SMARTS) is 1. The molecule has 3 aromatic rings. The van der Waals surface area contributed by atoms with Crippen molar-refractivity contribution in [2.45, 2.75) is 77.8 Å². The fourth-order valence-electron chi connectivity index (χ4n) is 5.26. The molecular weight excluding hydrogens is 566 g/mol. The topological polar surface area (TPSA) is 82.7 Å². The van der Waals surface area contributed by atoms with E-state index in [2.05, 4.69) is 21.1 Å². The van der Waals surface area contributed by atoms with Gasteiger partial charge in [0.15, 0.2) is 0 Å². The molecule has 42 heavy (non-hydrogen) atoms. The van der Waals surface area contributed by atoms with E-state index >= 15 is 0 Å². The molecule has 0 aliphatic heterocycles. The maximum atomic E-state index is 13.6. The molecule has 1 N–H and O–H groups in total. The average Bonchev–Trinajstić information content (AvgIpc) is 3.55. The van der Waals surface area contributed by atoms with Crippen LogP contribution in [0.2, 0.25) is 0 Å². The number of anilines is 2. The van der Waals surface area contributed by atoms with Gasteiger partial charge in [0, 0.05) is 45.2 Å². The fourth-order valence-corrected chi connectivity index (χ4v) is 5.26. The molecule has 0 saturated carbocycles. The molecule has 13 heteroatoms. The van der Waals surface area contributed by atoms with Gasteiger partial charge in [-0.3, -0.25) is 4.79 Å². The summed E-state index contributed by atoms with van der Waals surface area (Å²) >= 11 is 0. The Morgan fingerprint density at radius 2 is 1.57 bits per heavy atom. The third-order valence-electron chi connectivity index (χ3n) is 7.27. The summed E-state index contributed by atoms with van der Waals surface area (Å²) in [5, 5.41) is 12.9. The van der Waals surface area contributed by atoms with E-state index in [-0.39, 0.29) is 43.0 Å². The van der Waals surface area contributed by atoms with Crippen molar-refractivity contribution >= 4 is 17.6 Å². The highest BCUT2D eigenvalue weighted by molar-refractivity contribution is 5.66. The quantitative estimate of drug-likeness (QED) is 0.175. The van der Waals surface area contributed by atoms with Crippen molar-refractivity contribution in [2.24, 2.45) is 0 Å². The first-order valence-electron chi connectivity index (χ1n) is 13.7. The summed E-state index contributed by atoms with van der Waals surface area (Å²) in [5.74, 6) is -0.641. The van der Waals surface area contributed by atoms with E-state index in [1.54, 1.807) is 0 Å². The summed E-state index contributed by atoms with van der Waals surface area (Å²) in [4.78, 5) is 18.8. The number of fused-ring (bicyclic) bond motifs is 1. The number of halogens is 6. The lowest BCUT2D eigenvalue weighted by Gasteiger charge is -2.29. The zero-order valence-corrected chi connectivity index (χ0v) is 23.3. The number of hydrogen-bond donors (Lipinski definition) is 1. The highest BCUT2D eigenvalue weighted by Gasteiger charge is 2.37. The van der Waals surface area contributed by atoms with E-state index in [1.807, 2.05) is 13.0 Å². The number of rotatable bonds is 12. The lowest BCUT2D eigenvalue weighted by Crippen LogP contribution is -2.29. The van der Waals surface area contributed by atoms with Gasteiger partial charge in [0.05, 0.1) is 11.1 Å². The van der Waals surface area contributed by atoms with Gasteiger partial charge in [0.1, 0.15) is 0 Å². The number of aliphatic carboxylic acids is 1. The van der Waals surface area contributed by atoms with Gasteiger partial charge in [-0.1, -0.05) is 6.07 Å². The highest BCUT2D eigenvalue weighted by Crippen LogP contribution is 2.37. The maximum absolute atomic E-state index is 13.6. The number of benzene rings is 2. The molecule has 0 radical (unpaired) electrons. The zero-order chi connectivity index (χ0) is 30.7. The molecule has 1 aliphatic carbocycles. The Balaban J connectivity index is 1.73. The van der Waals surface area contributed by atoms with Gasteiger partial charge in [-0.05, 0) is 90.7 Å². The summed E-state index contributed by atoms with van der Waals surface area (Å²) in [6, 6.07) is 5.64. The van der Waals surface area contributed by atoms with Crippen LogP contribution in [0.5, 0.6) is 0 Å². The summed E-state index contributed by atoms with van der Waals surface area (Å²) in [6.07, 6.45) is -6.03. The third-order valence-corrected chi connectivity index (χ3v) is 7.27. The zero-order valence-electron chi connectivity index (χ0n) is 23.3. The number of aryl methyl sites for hydroxylation is 3. The number of nitrogens with zero attached hydrogens (tertiary/aromatic N) is 4. The monoisotopic (exact) mass is 598 g/mol. The average molecular weight is 599 g/mol. The Morgan fingerprint density at radius 3 is 2.12 bits per heavy atom. The van der Waals surface area contributed by atoms with Crippen LogP contribution in [-0.2, 0) is 43.1 Å². The molecule has 228 valence electrons. The normalized spacial score (nSPS) is 13.3. The molecule has 1 heterocycles. The van der Waals surface area contributed by atoms with Crippen molar-refractivity contribution in [1.82, 2.24) is 10.1 Å². The van der Waals surface area contributed by atoms with Crippen LogP contribution in [0.15, 0.2) is 34.9 Å². The van der Waals surface area contributed by atoms with Gasteiger partial charge in [-0.2, -0.15) is 31.3 Å². The van der Waals surface area contributed by atoms with Gasteiger partial charge < -0.3 is 19.4 Å². The number of alkyl halides is 6. The Kier molecular flexibility index (Phi) is 9.37. The molecule has 0 spiro atoms. The number of carbonyl (C=O) groups is 1. The van der Waals surface area contributed by atoms with Crippen LogP contribution < -0.4 is 9.80 Å². The molecule has 7 nitrogen and oxygen atoms in total. The Morgan fingerprint density at radius 1 is 0.929 bits per heavy atom. The van der Waals surface area contributed by atoms with E-state index in [9.17, 15) is 31.1 Å². The smallest absolute Gasteiger partial charge is 0.416 e. The SMILES string of the molecule is CCN(CCCCC(=O)O)c1cc2c(cc1CN(Cc1cc(C(F)(F)F)cc(C(F)(F)F)c1)c1noc(C)n1)CCC2. The second-order valence-corrected chi connectivity index (χ2v) is 10.4. The number of hydrogen-bond acceptors (Lipinski definition) is 6. The van der Waals surface area contributed by atoms with E-state index < -0.39 is 29.4 Å². The third kappa shape index (κ3) is 7.74. The summed E-state index contributed by atoms with van der Waals surface area (Å²) in [7, 11) is 0. The lowest BCUT2D eigenvalue weighted by atomic mass is 10.0. The number of aromatic nitrogens is 2. The van der Waals surface area contributed by atoms with Crippen molar-refractivity contribution in [1.29, 1.82) is 0 Å². The van der Waals surface area contributed by atoms with Gasteiger partial charge >= 0.3 is 18.3 Å². The van der Waals surface area contributed by atoms with E-state index in [0.29, 0.717) is 38.1 Å². The minimum absolute atomic E-state index is 0.0365. The number of carboxylic acids is 1. The van der Waals surface area contributed by atoms with Crippen molar-refractivity contribution in [3.05, 3.63) is 69.6 Å². The first-order valence-corrected chi connectivity index (χ1v) is 13.7. The Labute approximate surface area is 239 Å². The first kappa shape index (κ1) is 31.2. The summed E-state index contributed by atoms with van der Waals surface area (Å²) in [5.41, 5.74) is 1.01. The lowest BCUT2D eigenvalue weighted by molar-refractivity contribution is -0.143. The molecule has 0 atom stereocenters. The van der Waals surface area contributed by atoms with Crippen molar-refractivity contribution in [3.8, 4) is 0 Å². The van der Waals surface area contributed by atoms with E-state index in [4.69, 9.17) is 9.63 Å². The predicted molar refractivity (Wildman–Crippen MR) is 143 cm³/mol. The molecule has 1 aliphatic rings.